The number of rotatable bonds is 4. The van der Waals surface area contributed by atoms with Crippen LogP contribution in [0.3, 0.4) is 0 Å². The Labute approximate surface area is 140 Å². The minimum absolute atomic E-state index is 0.120. The van der Waals surface area contributed by atoms with Gasteiger partial charge in [-0.15, -0.1) is 0 Å². The third-order valence-corrected chi connectivity index (χ3v) is 5.52. The van der Waals surface area contributed by atoms with Crippen molar-refractivity contribution in [2.45, 2.75) is 31.8 Å². The lowest BCUT2D eigenvalue weighted by Gasteiger charge is -2.44. The van der Waals surface area contributed by atoms with Crippen molar-refractivity contribution >= 4 is 28.4 Å². The highest BCUT2D eigenvalue weighted by molar-refractivity contribution is 6.35. The molecule has 1 aromatic carbocycles. The van der Waals surface area contributed by atoms with Gasteiger partial charge >= 0.3 is 0 Å². The first-order valence-electron chi connectivity index (χ1n) is 8.32. The molecule has 3 aliphatic rings. The van der Waals surface area contributed by atoms with Gasteiger partial charge in [-0.05, 0) is 44.0 Å². The molecular weight excluding hydrogens is 312 g/mol. The number of aromatic nitrogens is 2. The van der Waals surface area contributed by atoms with E-state index in [1.165, 1.54) is 25.9 Å². The summed E-state index contributed by atoms with van der Waals surface area (Å²) in [4.78, 5) is 14.7. The third-order valence-electron chi connectivity index (χ3n) is 5.19. The lowest BCUT2D eigenvalue weighted by Crippen LogP contribution is -2.57. The maximum Gasteiger partial charge on any atom is 0.222 e. The first-order valence-corrected chi connectivity index (χ1v) is 8.70. The molecule has 0 saturated carbocycles. The van der Waals surface area contributed by atoms with Crippen LogP contribution in [0.5, 0.6) is 0 Å². The molecule has 2 bridgehead atoms. The van der Waals surface area contributed by atoms with Gasteiger partial charge in [0.15, 0.2) is 0 Å². The first kappa shape index (κ1) is 15.0. The molecule has 2 aromatic rings. The van der Waals surface area contributed by atoms with Gasteiger partial charge in [-0.2, -0.15) is 5.10 Å². The summed E-state index contributed by atoms with van der Waals surface area (Å²) in [6, 6.07) is 6.08. The molecule has 1 N–H and O–H groups in total. The molecule has 5 nitrogen and oxygen atoms in total. The van der Waals surface area contributed by atoms with Crippen molar-refractivity contribution in [2.75, 3.05) is 19.6 Å². The van der Waals surface area contributed by atoms with Gasteiger partial charge < -0.3 is 10.2 Å². The van der Waals surface area contributed by atoms with E-state index in [4.69, 9.17) is 11.6 Å². The van der Waals surface area contributed by atoms with E-state index >= 15 is 0 Å². The number of carbonyl (C=O) groups is 1. The summed E-state index contributed by atoms with van der Waals surface area (Å²) >= 11 is 6.16. The summed E-state index contributed by atoms with van der Waals surface area (Å²) in [6.45, 7) is 3.97. The Balaban J connectivity index is 1.37. The zero-order valence-corrected chi connectivity index (χ0v) is 13.8. The second-order valence-electron chi connectivity index (χ2n) is 6.60. The molecule has 6 heteroatoms. The largest absolute Gasteiger partial charge is 0.352 e. The van der Waals surface area contributed by atoms with Crippen molar-refractivity contribution in [3.63, 3.8) is 0 Å². The van der Waals surface area contributed by atoms with Gasteiger partial charge in [-0.3, -0.25) is 9.48 Å². The number of hydrogen-bond acceptors (Lipinski definition) is 3. The molecule has 3 fully saturated rings. The van der Waals surface area contributed by atoms with Gasteiger partial charge in [0, 0.05) is 24.4 Å². The number of nitrogens with zero attached hydrogens (tertiary/aromatic N) is 3. The Bertz CT molecular complexity index is 720. The van der Waals surface area contributed by atoms with Crippen LogP contribution in [-0.2, 0) is 11.3 Å². The van der Waals surface area contributed by atoms with E-state index in [0.717, 1.165) is 17.4 Å². The van der Waals surface area contributed by atoms with Gasteiger partial charge in [-0.25, -0.2) is 0 Å². The molecule has 0 radical (unpaired) electrons. The van der Waals surface area contributed by atoms with Crippen molar-refractivity contribution < 1.29 is 4.79 Å². The zero-order chi connectivity index (χ0) is 15.8. The number of benzene rings is 1. The van der Waals surface area contributed by atoms with Crippen LogP contribution in [0, 0.1) is 5.92 Å². The summed E-state index contributed by atoms with van der Waals surface area (Å²) in [7, 11) is 0. The van der Waals surface area contributed by atoms with Crippen LogP contribution in [-0.4, -0.2) is 46.3 Å². The van der Waals surface area contributed by atoms with E-state index in [2.05, 4.69) is 15.3 Å². The highest BCUT2D eigenvalue weighted by Crippen LogP contribution is 2.27. The van der Waals surface area contributed by atoms with Crippen LogP contribution in [0.25, 0.3) is 10.9 Å². The fourth-order valence-corrected chi connectivity index (χ4v) is 4.08. The molecule has 1 unspecified atom stereocenters. The van der Waals surface area contributed by atoms with Gasteiger partial charge in [-0.1, -0.05) is 17.7 Å². The smallest absolute Gasteiger partial charge is 0.222 e. The van der Waals surface area contributed by atoms with E-state index in [9.17, 15) is 4.79 Å². The Morgan fingerprint density at radius 3 is 2.91 bits per heavy atom. The van der Waals surface area contributed by atoms with Gasteiger partial charge in [0.25, 0.3) is 0 Å². The molecule has 23 heavy (non-hydrogen) atoms. The Morgan fingerprint density at radius 1 is 1.35 bits per heavy atom. The number of halogens is 1. The van der Waals surface area contributed by atoms with Crippen LogP contribution in [0.15, 0.2) is 24.4 Å². The third kappa shape index (κ3) is 2.95. The number of piperidine rings is 3. The van der Waals surface area contributed by atoms with Crippen LogP contribution in [0.2, 0.25) is 5.02 Å². The van der Waals surface area contributed by atoms with Crippen LogP contribution in [0.1, 0.15) is 19.3 Å². The molecule has 0 aliphatic carbocycles. The van der Waals surface area contributed by atoms with E-state index in [-0.39, 0.29) is 5.91 Å². The fraction of sp³-hybridized carbons (Fsp3) is 0.529. The highest BCUT2D eigenvalue weighted by Gasteiger charge is 2.34. The monoisotopic (exact) mass is 332 g/mol. The minimum Gasteiger partial charge on any atom is -0.352 e. The predicted octanol–water partition coefficient (Wildman–Crippen LogP) is 2.29. The molecule has 3 saturated heterocycles. The van der Waals surface area contributed by atoms with Gasteiger partial charge in [0.05, 0.1) is 23.3 Å². The standard InChI is InChI=1S/C17H21ClN4O/c18-14-2-1-3-16-13(14)10-19-22(16)9-6-17(23)20-15-11-21-7-4-12(15)5-8-21/h1-3,10,12,15H,4-9,11H2,(H,20,23). The molecule has 3 aliphatic heterocycles. The number of nitrogens with one attached hydrogen (secondary N) is 1. The Morgan fingerprint density at radius 2 is 2.17 bits per heavy atom. The SMILES string of the molecule is O=C(CCn1ncc2c(Cl)cccc21)NC1CN2CCC1CC2. The number of hydrogen-bond donors (Lipinski definition) is 1. The zero-order valence-electron chi connectivity index (χ0n) is 13.0. The second kappa shape index (κ2) is 6.13. The molecule has 5 rings (SSSR count). The van der Waals surface area contributed by atoms with Crippen LogP contribution >= 0.6 is 11.6 Å². The molecule has 1 aromatic heterocycles. The Hall–Kier alpha value is -1.59. The normalized spacial score (nSPS) is 26.6. The van der Waals surface area contributed by atoms with Crippen molar-refractivity contribution in [3.8, 4) is 0 Å². The quantitative estimate of drug-likeness (QED) is 0.934. The Kier molecular flexibility index (Phi) is 3.99. The van der Waals surface area contributed by atoms with Crippen molar-refractivity contribution in [2.24, 2.45) is 5.92 Å². The minimum atomic E-state index is 0.120. The van der Waals surface area contributed by atoms with Gasteiger partial charge in [0.1, 0.15) is 0 Å². The van der Waals surface area contributed by atoms with Crippen molar-refractivity contribution in [3.05, 3.63) is 29.4 Å². The number of aryl methyl sites for hydroxylation is 1. The molecule has 4 heterocycles. The maximum atomic E-state index is 12.3. The highest BCUT2D eigenvalue weighted by atomic mass is 35.5. The summed E-state index contributed by atoms with van der Waals surface area (Å²) in [5.41, 5.74) is 0.980. The van der Waals surface area contributed by atoms with E-state index < -0.39 is 0 Å². The lowest BCUT2D eigenvalue weighted by atomic mass is 9.84. The molecule has 1 atom stereocenters. The summed E-state index contributed by atoms with van der Waals surface area (Å²) in [6.07, 6.45) is 4.65. The number of fused-ring (bicyclic) bond motifs is 4. The van der Waals surface area contributed by atoms with Crippen molar-refractivity contribution in [1.82, 2.24) is 20.0 Å². The molecule has 0 spiro atoms. The van der Waals surface area contributed by atoms with Gasteiger partial charge in [0.2, 0.25) is 5.91 Å². The summed E-state index contributed by atoms with van der Waals surface area (Å²) in [5, 5.41) is 9.22. The average molecular weight is 333 g/mol. The van der Waals surface area contributed by atoms with Crippen LogP contribution in [0.4, 0.5) is 0 Å². The van der Waals surface area contributed by atoms with Crippen LogP contribution < -0.4 is 5.32 Å². The first-order chi connectivity index (χ1) is 11.2. The summed E-state index contributed by atoms with van der Waals surface area (Å²) < 4.78 is 1.86. The summed E-state index contributed by atoms with van der Waals surface area (Å²) in [5.74, 6) is 0.780. The lowest BCUT2D eigenvalue weighted by molar-refractivity contribution is -0.123. The number of amides is 1. The van der Waals surface area contributed by atoms with E-state index in [0.29, 0.717) is 29.9 Å². The molecular formula is C17H21ClN4O. The number of carbonyl (C=O) groups excluding carboxylic acids is 1. The molecule has 1 amide bonds. The topological polar surface area (TPSA) is 50.2 Å². The maximum absolute atomic E-state index is 12.3. The molecule has 122 valence electrons. The predicted molar refractivity (Wildman–Crippen MR) is 90.5 cm³/mol. The van der Waals surface area contributed by atoms with E-state index in [1.54, 1.807) is 6.20 Å². The van der Waals surface area contributed by atoms with E-state index in [1.807, 2.05) is 22.9 Å². The second-order valence-corrected chi connectivity index (χ2v) is 7.01. The fourth-order valence-electron chi connectivity index (χ4n) is 3.86. The van der Waals surface area contributed by atoms with Crippen molar-refractivity contribution in [1.29, 1.82) is 0 Å². The average Bonchev–Trinajstić information content (AvgIpc) is 2.99.